The standard InChI is InChI=1S/C27H34N6O8/c1-5-11-30-25(37)18-8-7-16(3)20(12-18)33(27(39)41-15-40-22(36)10-9-21(34)35)24(32-14-28)23-17(4)19(13-31-23)26(38)29-6-2/h7-8,12-14,28,31H,5-6,9-11,15H2,1-4H3,(H,29,38)(H,30,37)(H,34,35). The lowest BCUT2D eigenvalue weighted by Gasteiger charge is -2.25. The summed E-state index contributed by atoms with van der Waals surface area (Å²) < 4.78 is 10.0. The summed E-state index contributed by atoms with van der Waals surface area (Å²) in [5.41, 5.74) is 1.85. The van der Waals surface area contributed by atoms with Gasteiger partial charge in [-0.2, -0.15) is 0 Å². The second-order valence-corrected chi connectivity index (χ2v) is 8.67. The van der Waals surface area contributed by atoms with E-state index in [0.717, 1.165) is 4.90 Å². The van der Waals surface area contributed by atoms with E-state index in [-0.39, 0.29) is 40.2 Å². The summed E-state index contributed by atoms with van der Waals surface area (Å²) >= 11 is 0. The number of esters is 1. The number of nitrogens with one attached hydrogen (secondary N) is 4. The Balaban J connectivity index is 2.56. The Morgan fingerprint density at radius 2 is 1.80 bits per heavy atom. The lowest BCUT2D eigenvalue weighted by molar-refractivity contribution is -0.154. The van der Waals surface area contributed by atoms with E-state index >= 15 is 0 Å². The van der Waals surface area contributed by atoms with E-state index in [0.29, 0.717) is 37.0 Å². The second-order valence-electron chi connectivity index (χ2n) is 8.67. The van der Waals surface area contributed by atoms with Crippen molar-refractivity contribution in [2.24, 2.45) is 4.99 Å². The van der Waals surface area contributed by atoms with Gasteiger partial charge in [0, 0.05) is 24.8 Å². The fourth-order valence-corrected chi connectivity index (χ4v) is 3.64. The minimum absolute atomic E-state index is 0.135. The average Bonchev–Trinajstić information content (AvgIpc) is 3.32. The normalized spacial score (nSPS) is 10.9. The van der Waals surface area contributed by atoms with Crippen molar-refractivity contribution in [2.45, 2.75) is 47.0 Å². The Kier molecular flexibility index (Phi) is 12.2. The van der Waals surface area contributed by atoms with Crippen LogP contribution in [0.2, 0.25) is 0 Å². The zero-order valence-corrected chi connectivity index (χ0v) is 23.3. The van der Waals surface area contributed by atoms with Gasteiger partial charge in [-0.25, -0.2) is 14.7 Å². The molecule has 220 valence electrons. The maximum atomic E-state index is 13.5. The van der Waals surface area contributed by atoms with Gasteiger partial charge < -0.3 is 30.2 Å². The Bertz CT molecular complexity index is 1330. The zero-order chi connectivity index (χ0) is 30.5. The minimum atomic E-state index is -1.19. The van der Waals surface area contributed by atoms with Crippen molar-refractivity contribution in [1.82, 2.24) is 15.6 Å². The SMILES string of the molecule is CCCNC(=O)c1ccc(C)c(N(C(=O)OCOC(=O)CCC(=O)O)C(=NC=N)c2[nH]cc(C(=O)NCC)c2C)c1. The number of H-pyrrole nitrogens is 1. The van der Waals surface area contributed by atoms with Gasteiger partial charge in [0.2, 0.25) is 6.79 Å². The van der Waals surface area contributed by atoms with Crippen molar-refractivity contribution in [2.75, 3.05) is 24.8 Å². The van der Waals surface area contributed by atoms with Crippen molar-refractivity contribution in [3.63, 3.8) is 0 Å². The molecule has 5 N–H and O–H groups in total. The van der Waals surface area contributed by atoms with Crippen molar-refractivity contribution < 1.29 is 38.6 Å². The molecule has 3 amide bonds. The molecule has 2 aromatic rings. The van der Waals surface area contributed by atoms with E-state index in [1.165, 1.54) is 12.3 Å². The van der Waals surface area contributed by atoms with Crippen molar-refractivity contribution >= 4 is 47.7 Å². The highest BCUT2D eigenvalue weighted by Gasteiger charge is 2.30. The molecule has 0 aliphatic carbocycles. The molecule has 14 nitrogen and oxygen atoms in total. The summed E-state index contributed by atoms with van der Waals surface area (Å²) in [6, 6.07) is 4.65. The number of ether oxygens (including phenoxy) is 2. The monoisotopic (exact) mass is 570 g/mol. The van der Waals surface area contributed by atoms with Crippen LogP contribution >= 0.6 is 0 Å². The fourth-order valence-electron chi connectivity index (χ4n) is 3.64. The number of aromatic nitrogens is 1. The van der Waals surface area contributed by atoms with Gasteiger partial charge in [-0.05, 0) is 50.5 Å². The maximum absolute atomic E-state index is 13.5. The predicted octanol–water partition coefficient (Wildman–Crippen LogP) is 2.88. The number of carboxylic acid groups (broad SMARTS) is 1. The Labute approximate surface area is 236 Å². The molecule has 0 aliphatic heterocycles. The molecule has 2 rings (SSSR count). The third-order valence-electron chi connectivity index (χ3n) is 5.72. The predicted molar refractivity (Wildman–Crippen MR) is 149 cm³/mol. The maximum Gasteiger partial charge on any atom is 0.423 e. The van der Waals surface area contributed by atoms with Gasteiger partial charge in [-0.1, -0.05) is 13.0 Å². The van der Waals surface area contributed by atoms with Gasteiger partial charge in [0.25, 0.3) is 11.8 Å². The number of aryl methyl sites for hydroxylation is 1. The van der Waals surface area contributed by atoms with Crippen LogP contribution in [-0.2, 0) is 19.1 Å². The molecule has 0 radical (unpaired) electrons. The van der Waals surface area contributed by atoms with Gasteiger partial charge in [0.05, 0.1) is 29.8 Å². The topological polar surface area (TPSA) is 203 Å². The van der Waals surface area contributed by atoms with E-state index in [9.17, 15) is 24.0 Å². The van der Waals surface area contributed by atoms with Gasteiger partial charge in [-0.15, -0.1) is 0 Å². The van der Waals surface area contributed by atoms with Gasteiger partial charge in [0.15, 0.2) is 5.84 Å². The Hall–Kier alpha value is -5.01. The highest BCUT2D eigenvalue weighted by molar-refractivity contribution is 6.24. The van der Waals surface area contributed by atoms with E-state index < -0.39 is 37.7 Å². The molecule has 0 aliphatic rings. The van der Waals surface area contributed by atoms with Crippen LogP contribution in [0.4, 0.5) is 10.5 Å². The molecule has 1 aromatic carbocycles. The molecule has 0 fully saturated rings. The van der Waals surface area contributed by atoms with Crippen LogP contribution in [0.3, 0.4) is 0 Å². The number of aliphatic carboxylic acids is 1. The first-order chi connectivity index (χ1) is 19.5. The third kappa shape index (κ3) is 8.74. The van der Waals surface area contributed by atoms with Crippen molar-refractivity contribution in [3.05, 3.63) is 52.3 Å². The second kappa shape index (κ2) is 15.5. The van der Waals surface area contributed by atoms with Gasteiger partial charge >= 0.3 is 18.0 Å². The number of aromatic amines is 1. The number of hydrogen-bond acceptors (Lipinski definition) is 8. The highest BCUT2D eigenvalue weighted by Crippen LogP contribution is 2.27. The summed E-state index contributed by atoms with van der Waals surface area (Å²) in [7, 11) is 0. The van der Waals surface area contributed by atoms with Crippen LogP contribution < -0.4 is 15.5 Å². The molecule has 0 atom stereocenters. The van der Waals surface area contributed by atoms with Crippen molar-refractivity contribution in [3.8, 4) is 0 Å². The van der Waals surface area contributed by atoms with Crippen LogP contribution in [0.25, 0.3) is 0 Å². The first-order valence-electron chi connectivity index (χ1n) is 12.8. The number of carboxylic acids is 1. The number of anilines is 1. The van der Waals surface area contributed by atoms with Crippen LogP contribution in [0.5, 0.6) is 0 Å². The molecule has 0 saturated heterocycles. The lowest BCUT2D eigenvalue weighted by Crippen LogP contribution is -2.40. The summed E-state index contributed by atoms with van der Waals surface area (Å²) in [5.74, 6) is -2.96. The van der Waals surface area contributed by atoms with E-state index in [2.05, 4.69) is 20.6 Å². The number of amides is 3. The smallest absolute Gasteiger partial charge is 0.423 e. The van der Waals surface area contributed by atoms with Crippen LogP contribution in [0.1, 0.15) is 70.6 Å². The zero-order valence-electron chi connectivity index (χ0n) is 23.3. The molecule has 14 heteroatoms. The molecule has 0 bridgehead atoms. The number of carbonyl (C=O) groups is 5. The third-order valence-corrected chi connectivity index (χ3v) is 5.72. The van der Waals surface area contributed by atoms with Gasteiger partial charge in [0.1, 0.15) is 6.34 Å². The number of carbonyl (C=O) groups excluding carboxylic acids is 4. The highest BCUT2D eigenvalue weighted by atomic mass is 16.7. The van der Waals surface area contributed by atoms with E-state index in [4.69, 9.17) is 20.0 Å². The van der Waals surface area contributed by atoms with Crippen LogP contribution in [-0.4, -0.2) is 72.0 Å². The van der Waals surface area contributed by atoms with Crippen molar-refractivity contribution in [1.29, 1.82) is 5.41 Å². The number of benzene rings is 1. The van der Waals surface area contributed by atoms with Crippen LogP contribution in [0, 0.1) is 19.3 Å². The first kappa shape index (κ1) is 32.2. The summed E-state index contributed by atoms with van der Waals surface area (Å²) in [5, 5.41) is 21.8. The molecule has 41 heavy (non-hydrogen) atoms. The van der Waals surface area contributed by atoms with Crippen LogP contribution in [0.15, 0.2) is 29.4 Å². The molecular formula is C27H34N6O8. The fraction of sp³-hybridized carbons (Fsp3) is 0.370. The summed E-state index contributed by atoms with van der Waals surface area (Å²) in [4.78, 5) is 69.3. The molecule has 1 heterocycles. The number of nitrogens with zero attached hydrogens (tertiary/aromatic N) is 2. The molecule has 0 unspecified atom stereocenters. The quantitative estimate of drug-likeness (QED) is 0.105. The Morgan fingerprint density at radius 3 is 2.44 bits per heavy atom. The molecule has 1 aromatic heterocycles. The minimum Gasteiger partial charge on any atom is -0.481 e. The first-order valence-corrected chi connectivity index (χ1v) is 12.8. The van der Waals surface area contributed by atoms with E-state index in [1.807, 2.05) is 6.92 Å². The molecule has 0 saturated carbocycles. The van der Waals surface area contributed by atoms with Gasteiger partial charge in [-0.3, -0.25) is 24.6 Å². The largest absolute Gasteiger partial charge is 0.481 e. The number of amidine groups is 1. The van der Waals surface area contributed by atoms with E-state index in [1.54, 1.807) is 32.9 Å². The Morgan fingerprint density at radius 1 is 1.07 bits per heavy atom. The number of rotatable bonds is 13. The lowest BCUT2D eigenvalue weighted by atomic mass is 10.1. The number of hydrogen-bond donors (Lipinski definition) is 5. The molecule has 0 spiro atoms. The summed E-state index contributed by atoms with van der Waals surface area (Å²) in [6.07, 6.45) is 0.880. The molecular weight excluding hydrogens is 536 g/mol. The average molecular weight is 571 g/mol. The number of aliphatic imine (C=N–C) groups is 1. The summed E-state index contributed by atoms with van der Waals surface area (Å²) in [6.45, 7) is 6.96.